The first-order chi connectivity index (χ1) is 10.1. The first-order valence-corrected chi connectivity index (χ1v) is 7.76. The fourth-order valence-corrected chi connectivity index (χ4v) is 2.62. The molecule has 21 heavy (non-hydrogen) atoms. The topological polar surface area (TPSA) is 49.3 Å². The van der Waals surface area contributed by atoms with Gasteiger partial charge in [-0.05, 0) is 29.9 Å². The average molecular weight is 287 g/mol. The predicted octanol–water partition coefficient (Wildman–Crippen LogP) is 2.80. The van der Waals surface area contributed by atoms with Gasteiger partial charge in [0, 0.05) is 25.0 Å². The van der Waals surface area contributed by atoms with Gasteiger partial charge < -0.3 is 10.4 Å². The molecule has 1 amide bonds. The Morgan fingerprint density at radius 1 is 1.29 bits per heavy atom. The normalized spacial score (nSPS) is 21.0. The predicted molar refractivity (Wildman–Crippen MR) is 85.1 cm³/mol. The molecule has 2 N–H and O–H groups in total. The van der Waals surface area contributed by atoms with E-state index in [1.54, 1.807) is 0 Å². The van der Waals surface area contributed by atoms with Gasteiger partial charge >= 0.3 is 0 Å². The van der Waals surface area contributed by atoms with Crippen LogP contribution in [0.5, 0.6) is 0 Å². The molecule has 0 fully saturated rings. The number of hydrogen-bond acceptors (Lipinski definition) is 2. The summed E-state index contributed by atoms with van der Waals surface area (Å²) in [5.74, 6) is 0.811. The van der Waals surface area contributed by atoms with Crippen molar-refractivity contribution in [2.45, 2.75) is 45.1 Å². The SMILES string of the molecule is CC(C)c1ccc(CCC(=O)N[C@@H]2C=C[C@H](CO)C2)cc1. The van der Waals surface area contributed by atoms with Crippen LogP contribution in [0.4, 0.5) is 0 Å². The summed E-state index contributed by atoms with van der Waals surface area (Å²) >= 11 is 0. The molecule has 0 spiro atoms. The molecule has 1 aliphatic carbocycles. The van der Waals surface area contributed by atoms with E-state index in [2.05, 4.69) is 43.4 Å². The molecule has 1 aromatic carbocycles. The van der Waals surface area contributed by atoms with Crippen molar-refractivity contribution in [2.24, 2.45) is 5.92 Å². The Kier molecular flexibility index (Phi) is 5.57. The summed E-state index contributed by atoms with van der Waals surface area (Å²) in [5, 5.41) is 12.1. The zero-order valence-corrected chi connectivity index (χ0v) is 12.9. The van der Waals surface area contributed by atoms with Gasteiger partial charge in [0.2, 0.25) is 5.91 Å². The van der Waals surface area contributed by atoms with Gasteiger partial charge in [0.1, 0.15) is 0 Å². The van der Waals surface area contributed by atoms with Crippen LogP contribution in [0.15, 0.2) is 36.4 Å². The van der Waals surface area contributed by atoms with E-state index in [4.69, 9.17) is 5.11 Å². The molecule has 1 aromatic rings. The molecule has 0 aromatic heterocycles. The van der Waals surface area contributed by atoms with Crippen LogP contribution in [0.1, 0.15) is 43.7 Å². The number of aliphatic hydroxyl groups excluding tert-OH is 1. The monoisotopic (exact) mass is 287 g/mol. The summed E-state index contributed by atoms with van der Waals surface area (Å²) in [5.41, 5.74) is 2.53. The fourth-order valence-electron chi connectivity index (χ4n) is 2.62. The summed E-state index contributed by atoms with van der Waals surface area (Å²) in [6, 6.07) is 8.59. The maximum atomic E-state index is 11.9. The number of benzene rings is 1. The summed E-state index contributed by atoms with van der Waals surface area (Å²) in [6.07, 6.45) is 6.05. The van der Waals surface area contributed by atoms with Crippen LogP contribution in [0.2, 0.25) is 0 Å². The standard InChI is InChI=1S/C18H25NO2/c1-13(2)16-7-3-14(4-8-16)6-10-18(21)19-17-9-5-15(11-17)12-20/h3-5,7-9,13,15,17,20H,6,10-12H2,1-2H3,(H,19,21)/t15-,17+/m0/s1. The van der Waals surface area contributed by atoms with Gasteiger partial charge in [-0.2, -0.15) is 0 Å². The van der Waals surface area contributed by atoms with Crippen molar-refractivity contribution in [1.29, 1.82) is 0 Å². The van der Waals surface area contributed by atoms with Crippen LogP contribution in [0, 0.1) is 5.92 Å². The zero-order valence-electron chi connectivity index (χ0n) is 12.9. The second-order valence-corrected chi connectivity index (χ2v) is 6.13. The van der Waals surface area contributed by atoms with E-state index < -0.39 is 0 Å². The van der Waals surface area contributed by atoms with Crippen molar-refractivity contribution < 1.29 is 9.90 Å². The third-order valence-corrected chi connectivity index (χ3v) is 4.04. The summed E-state index contributed by atoms with van der Waals surface area (Å²) in [6.45, 7) is 4.51. The van der Waals surface area contributed by atoms with Gasteiger partial charge in [-0.1, -0.05) is 50.3 Å². The first-order valence-electron chi connectivity index (χ1n) is 7.76. The third kappa shape index (κ3) is 4.71. The number of nitrogens with one attached hydrogen (secondary N) is 1. The van der Waals surface area contributed by atoms with Crippen molar-refractivity contribution in [2.75, 3.05) is 6.61 Å². The van der Waals surface area contributed by atoms with Crippen LogP contribution < -0.4 is 5.32 Å². The second kappa shape index (κ2) is 7.41. The highest BCUT2D eigenvalue weighted by Crippen LogP contribution is 2.18. The van der Waals surface area contributed by atoms with Crippen molar-refractivity contribution >= 4 is 5.91 Å². The number of rotatable bonds is 6. The molecule has 0 bridgehead atoms. The quantitative estimate of drug-likeness (QED) is 0.790. The van der Waals surface area contributed by atoms with E-state index in [1.807, 2.05) is 12.2 Å². The minimum Gasteiger partial charge on any atom is -0.396 e. The highest BCUT2D eigenvalue weighted by atomic mass is 16.3. The van der Waals surface area contributed by atoms with Crippen LogP contribution in [0.25, 0.3) is 0 Å². The van der Waals surface area contributed by atoms with Crippen molar-refractivity contribution in [1.82, 2.24) is 5.32 Å². The maximum Gasteiger partial charge on any atom is 0.220 e. The number of aryl methyl sites for hydroxylation is 1. The summed E-state index contributed by atoms with van der Waals surface area (Å²) in [4.78, 5) is 11.9. The Balaban J connectivity index is 1.75. The van der Waals surface area contributed by atoms with Crippen molar-refractivity contribution in [3.05, 3.63) is 47.5 Å². The van der Waals surface area contributed by atoms with Crippen LogP contribution >= 0.6 is 0 Å². The molecule has 0 saturated heterocycles. The average Bonchev–Trinajstić information content (AvgIpc) is 2.93. The van der Waals surface area contributed by atoms with Gasteiger partial charge in [0.05, 0.1) is 0 Å². The highest BCUT2D eigenvalue weighted by Gasteiger charge is 2.19. The highest BCUT2D eigenvalue weighted by molar-refractivity contribution is 5.76. The molecular formula is C18H25NO2. The van der Waals surface area contributed by atoms with E-state index in [1.165, 1.54) is 11.1 Å². The molecule has 0 heterocycles. The molecule has 0 saturated carbocycles. The molecule has 114 valence electrons. The second-order valence-electron chi connectivity index (χ2n) is 6.13. The lowest BCUT2D eigenvalue weighted by molar-refractivity contribution is -0.121. The van der Waals surface area contributed by atoms with E-state index in [-0.39, 0.29) is 24.5 Å². The van der Waals surface area contributed by atoms with E-state index in [9.17, 15) is 4.79 Å². The van der Waals surface area contributed by atoms with Gasteiger partial charge in [-0.25, -0.2) is 0 Å². The number of carbonyl (C=O) groups excluding carboxylic acids is 1. The molecule has 1 aliphatic rings. The lowest BCUT2D eigenvalue weighted by Gasteiger charge is -2.13. The minimum atomic E-state index is 0.0798. The molecular weight excluding hydrogens is 262 g/mol. The molecule has 2 atom stereocenters. The van der Waals surface area contributed by atoms with Crippen molar-refractivity contribution in [3.8, 4) is 0 Å². The summed E-state index contributed by atoms with van der Waals surface area (Å²) in [7, 11) is 0. The zero-order chi connectivity index (χ0) is 15.2. The van der Waals surface area contributed by atoms with E-state index >= 15 is 0 Å². The Morgan fingerprint density at radius 3 is 2.57 bits per heavy atom. The third-order valence-electron chi connectivity index (χ3n) is 4.04. The van der Waals surface area contributed by atoms with Gasteiger partial charge in [0.15, 0.2) is 0 Å². The van der Waals surface area contributed by atoms with E-state index in [0.29, 0.717) is 12.3 Å². The molecule has 0 unspecified atom stereocenters. The number of amides is 1. The molecule has 0 aliphatic heterocycles. The number of carbonyl (C=O) groups is 1. The number of aliphatic hydroxyl groups is 1. The lowest BCUT2D eigenvalue weighted by Crippen LogP contribution is -2.33. The molecule has 2 rings (SSSR count). The Bertz CT molecular complexity index is 490. The van der Waals surface area contributed by atoms with Crippen LogP contribution in [0.3, 0.4) is 0 Å². The Morgan fingerprint density at radius 2 is 2.00 bits per heavy atom. The van der Waals surface area contributed by atoms with E-state index in [0.717, 1.165) is 12.8 Å². The Labute approximate surface area is 127 Å². The van der Waals surface area contributed by atoms with Crippen LogP contribution in [-0.4, -0.2) is 23.7 Å². The maximum absolute atomic E-state index is 11.9. The molecule has 3 heteroatoms. The lowest BCUT2D eigenvalue weighted by atomic mass is 10.0. The van der Waals surface area contributed by atoms with Gasteiger partial charge in [-0.15, -0.1) is 0 Å². The minimum absolute atomic E-state index is 0.0798. The summed E-state index contributed by atoms with van der Waals surface area (Å²) < 4.78 is 0. The molecule has 3 nitrogen and oxygen atoms in total. The first kappa shape index (κ1) is 15.8. The largest absolute Gasteiger partial charge is 0.396 e. The van der Waals surface area contributed by atoms with Gasteiger partial charge in [-0.3, -0.25) is 4.79 Å². The fraction of sp³-hybridized carbons (Fsp3) is 0.500. The molecule has 0 radical (unpaired) electrons. The van der Waals surface area contributed by atoms with Gasteiger partial charge in [0.25, 0.3) is 0 Å². The van der Waals surface area contributed by atoms with Crippen molar-refractivity contribution in [3.63, 3.8) is 0 Å². The smallest absolute Gasteiger partial charge is 0.220 e. The van der Waals surface area contributed by atoms with Crippen LogP contribution in [-0.2, 0) is 11.2 Å². The Hall–Kier alpha value is -1.61. The number of hydrogen-bond donors (Lipinski definition) is 2.